The summed E-state index contributed by atoms with van der Waals surface area (Å²) in [7, 11) is -9.73. The third-order valence-electron chi connectivity index (χ3n) is 3.61. The molecule has 27 heavy (non-hydrogen) atoms. The van der Waals surface area contributed by atoms with Crippen molar-refractivity contribution >= 4 is 48.6 Å². The van der Waals surface area contributed by atoms with Crippen LogP contribution in [-0.4, -0.2) is 57.9 Å². The van der Waals surface area contributed by atoms with Crippen molar-refractivity contribution in [3.63, 3.8) is 0 Å². The van der Waals surface area contributed by atoms with Crippen LogP contribution in [0, 0.1) is 0 Å². The van der Waals surface area contributed by atoms with Gasteiger partial charge in [-0.1, -0.05) is 0 Å². The fourth-order valence-electron chi connectivity index (χ4n) is 2.62. The van der Waals surface area contributed by atoms with Gasteiger partial charge in [-0.05, 0) is 15.9 Å². The van der Waals surface area contributed by atoms with Gasteiger partial charge >= 0.3 is 15.6 Å². The molecule has 1 aliphatic heterocycles. The Labute approximate surface area is 159 Å². The van der Waals surface area contributed by atoms with Gasteiger partial charge in [0.05, 0.1) is 6.61 Å². The summed E-state index contributed by atoms with van der Waals surface area (Å²) in [6, 6.07) is 0. The van der Waals surface area contributed by atoms with Gasteiger partial charge in [-0.2, -0.15) is 0 Å². The molecule has 1 saturated heterocycles. The van der Waals surface area contributed by atoms with Crippen molar-refractivity contribution in [1.29, 1.82) is 0 Å². The number of hydrogen-bond acceptors (Lipinski definition) is 9. The molecular weight excluding hydrogens is 476 g/mol. The van der Waals surface area contributed by atoms with Gasteiger partial charge in [0, 0.05) is 6.42 Å². The number of nitrogen functional groups attached to an aromatic ring is 1. The lowest BCUT2D eigenvalue weighted by Crippen LogP contribution is -2.28. The molecule has 3 unspecified atom stereocenters. The first-order valence-electron chi connectivity index (χ1n) is 7.18. The number of aromatic nitrogens is 4. The predicted molar refractivity (Wildman–Crippen MR) is 90.9 cm³/mol. The number of anilines is 1. The van der Waals surface area contributed by atoms with Gasteiger partial charge in [0.1, 0.15) is 24.8 Å². The smallest absolute Gasteiger partial charge is 0.382 e. The number of nitrogens with two attached hydrogens (primary N) is 1. The summed E-state index contributed by atoms with van der Waals surface area (Å²) in [6.45, 7) is -0.660. The molecule has 3 atom stereocenters. The lowest BCUT2D eigenvalue weighted by atomic mass is 10.2. The molecule has 0 radical (unpaired) electrons. The molecule has 17 heteroatoms. The molecule has 6 N–H and O–H groups in total. The zero-order valence-electron chi connectivity index (χ0n) is 13.2. The van der Waals surface area contributed by atoms with Crippen molar-refractivity contribution in [2.45, 2.75) is 24.9 Å². The van der Waals surface area contributed by atoms with Gasteiger partial charge in [-0.15, -0.1) is 0 Å². The van der Waals surface area contributed by atoms with E-state index in [2.05, 4.69) is 39.9 Å². The first-order chi connectivity index (χ1) is 12.4. The van der Waals surface area contributed by atoms with Crippen LogP contribution in [0.4, 0.5) is 5.82 Å². The Balaban J connectivity index is 1.91. The molecule has 3 rings (SSSR count). The molecule has 2 aromatic rings. The molecule has 0 amide bonds. The summed E-state index contributed by atoms with van der Waals surface area (Å²) in [4.78, 5) is 47.9. The van der Waals surface area contributed by atoms with Crippen molar-refractivity contribution < 1.29 is 42.5 Å². The molecule has 1 aliphatic rings. The average Bonchev–Trinajstić information content (AvgIpc) is 3.04. The molecule has 1 fully saturated rings. The third-order valence-corrected chi connectivity index (χ3v) is 5.20. The highest BCUT2D eigenvalue weighted by molar-refractivity contribution is 9.10. The van der Waals surface area contributed by atoms with E-state index >= 15 is 0 Å². The van der Waals surface area contributed by atoms with E-state index in [0.717, 1.165) is 0 Å². The highest BCUT2D eigenvalue weighted by atomic mass is 79.9. The van der Waals surface area contributed by atoms with Gasteiger partial charge in [0.15, 0.2) is 21.7 Å². The van der Waals surface area contributed by atoms with Gasteiger partial charge < -0.3 is 30.0 Å². The normalized spacial score (nSPS) is 24.0. The number of rotatable bonds is 6. The summed E-state index contributed by atoms with van der Waals surface area (Å²) in [6.07, 6.45) is -2.17. The Morgan fingerprint density at radius 3 is 2.63 bits per heavy atom. The van der Waals surface area contributed by atoms with E-state index in [1.54, 1.807) is 0 Å². The highest BCUT2D eigenvalue weighted by Crippen LogP contribution is 2.46. The Bertz CT molecular complexity index is 945. The standard InChI is InChI=1S/C10H14BrN5O9P2/c11-10-15-7-8(12)13-3-14-9(7)16(10)6-1-4(25-27(20,21)22)5(24-6)2-23-26(17,18)19/h3-6H,1-2H2,(H2,12,13,14)(H2,17,18,19)(H2,20,21,22). The second-order valence-corrected chi connectivity index (χ2v) is 8.61. The van der Waals surface area contributed by atoms with Crippen molar-refractivity contribution in [3.05, 3.63) is 11.1 Å². The maximum absolute atomic E-state index is 11.2. The van der Waals surface area contributed by atoms with Crippen molar-refractivity contribution in [3.8, 4) is 0 Å². The van der Waals surface area contributed by atoms with Crippen LogP contribution < -0.4 is 5.73 Å². The molecule has 14 nitrogen and oxygen atoms in total. The molecule has 2 aromatic heterocycles. The average molecular weight is 490 g/mol. The van der Waals surface area contributed by atoms with Gasteiger partial charge in [0.2, 0.25) is 0 Å². The van der Waals surface area contributed by atoms with Crippen molar-refractivity contribution in [2.24, 2.45) is 0 Å². The minimum atomic E-state index is -4.90. The number of phosphoric ester groups is 2. The largest absolute Gasteiger partial charge is 0.469 e. The van der Waals surface area contributed by atoms with Crippen LogP contribution in [0.25, 0.3) is 11.2 Å². The number of phosphoric acid groups is 2. The lowest BCUT2D eigenvalue weighted by Gasteiger charge is -2.19. The fraction of sp³-hybridized carbons (Fsp3) is 0.500. The van der Waals surface area contributed by atoms with Crippen molar-refractivity contribution in [2.75, 3.05) is 12.3 Å². The number of halogens is 1. The first kappa shape index (κ1) is 20.7. The number of ether oxygens (including phenoxy) is 1. The quantitative estimate of drug-likeness (QED) is 0.268. The van der Waals surface area contributed by atoms with Crippen LogP contribution in [0.5, 0.6) is 0 Å². The lowest BCUT2D eigenvalue weighted by molar-refractivity contribution is -0.0424. The third kappa shape index (κ3) is 4.90. The summed E-state index contributed by atoms with van der Waals surface area (Å²) < 4.78 is 38.5. The Morgan fingerprint density at radius 1 is 1.30 bits per heavy atom. The van der Waals surface area contributed by atoms with Crippen LogP contribution in [0.1, 0.15) is 12.6 Å². The molecule has 0 spiro atoms. The van der Waals surface area contributed by atoms with E-state index in [1.165, 1.54) is 10.9 Å². The maximum Gasteiger partial charge on any atom is 0.469 e. The number of imidazole rings is 1. The Kier molecular flexibility index (Phi) is 5.72. The van der Waals surface area contributed by atoms with E-state index in [4.69, 9.17) is 30.0 Å². The second kappa shape index (κ2) is 7.44. The topological polar surface area (TPSA) is 212 Å². The van der Waals surface area contributed by atoms with Crippen LogP contribution in [0.15, 0.2) is 11.1 Å². The van der Waals surface area contributed by atoms with Crippen LogP contribution in [0.2, 0.25) is 0 Å². The molecular formula is C10H14BrN5O9P2. The molecule has 3 heterocycles. The zero-order valence-corrected chi connectivity index (χ0v) is 16.6. The summed E-state index contributed by atoms with van der Waals surface area (Å²) in [5.74, 6) is 0.113. The number of fused-ring (bicyclic) bond motifs is 1. The van der Waals surface area contributed by atoms with Crippen LogP contribution >= 0.6 is 31.6 Å². The first-order valence-corrected chi connectivity index (χ1v) is 11.0. The van der Waals surface area contributed by atoms with E-state index in [-0.39, 0.29) is 28.1 Å². The number of hydrogen-bond donors (Lipinski definition) is 5. The Morgan fingerprint density at radius 2 is 2.00 bits per heavy atom. The molecule has 0 saturated carbocycles. The Hall–Kier alpha value is -0.990. The molecule has 0 aliphatic carbocycles. The van der Waals surface area contributed by atoms with E-state index in [9.17, 15) is 9.13 Å². The number of nitrogens with zero attached hydrogens (tertiary/aromatic N) is 4. The zero-order chi connectivity index (χ0) is 20.0. The summed E-state index contributed by atoms with van der Waals surface area (Å²) in [5, 5.41) is 0. The van der Waals surface area contributed by atoms with Gasteiger partial charge in [0.25, 0.3) is 0 Å². The molecule has 0 aromatic carbocycles. The van der Waals surface area contributed by atoms with Gasteiger partial charge in [-0.3, -0.25) is 13.6 Å². The maximum atomic E-state index is 11.2. The highest BCUT2D eigenvalue weighted by Gasteiger charge is 2.42. The summed E-state index contributed by atoms with van der Waals surface area (Å²) >= 11 is 3.22. The van der Waals surface area contributed by atoms with Crippen molar-refractivity contribution in [1.82, 2.24) is 19.5 Å². The second-order valence-electron chi connectivity index (χ2n) is 5.47. The van der Waals surface area contributed by atoms with E-state index in [0.29, 0.717) is 0 Å². The minimum absolute atomic E-state index is 0.0890. The predicted octanol–water partition coefficient (Wildman–Crippen LogP) is 0.0457. The monoisotopic (exact) mass is 489 g/mol. The van der Waals surface area contributed by atoms with Gasteiger partial charge in [-0.25, -0.2) is 24.1 Å². The van der Waals surface area contributed by atoms with E-state index < -0.39 is 40.7 Å². The van der Waals surface area contributed by atoms with Crippen LogP contribution in [-0.2, 0) is 22.9 Å². The molecule has 150 valence electrons. The SMILES string of the molecule is Nc1ncnc2c1nc(Br)n2C1CC(OP(=O)(O)O)C(COP(=O)(O)O)O1. The van der Waals surface area contributed by atoms with Crippen LogP contribution in [0.3, 0.4) is 0 Å². The summed E-state index contributed by atoms with van der Waals surface area (Å²) in [5.41, 5.74) is 6.30. The minimum Gasteiger partial charge on any atom is -0.382 e. The van der Waals surface area contributed by atoms with E-state index in [1.807, 2.05) is 0 Å². The fourth-order valence-corrected chi connectivity index (χ4v) is 4.11. The molecule has 0 bridgehead atoms.